The van der Waals surface area contributed by atoms with Crippen molar-refractivity contribution in [3.8, 4) is 0 Å². The minimum absolute atomic E-state index is 0.0230. The van der Waals surface area contributed by atoms with Crippen LogP contribution in [-0.4, -0.2) is 45.1 Å². The van der Waals surface area contributed by atoms with E-state index in [9.17, 15) is 24.9 Å². The highest BCUT2D eigenvalue weighted by molar-refractivity contribution is 5.72. The number of ether oxygens (including phenoxy) is 1. The van der Waals surface area contributed by atoms with Crippen molar-refractivity contribution in [1.82, 2.24) is 0 Å². The van der Waals surface area contributed by atoms with E-state index in [1.165, 1.54) is 0 Å². The molecule has 1 spiro atoms. The number of aliphatic hydroxyl groups is 2. The Bertz CT molecular complexity index is 748. The number of rotatable bonds is 4. The smallest absolute Gasteiger partial charge is 0.306 e. The molecule has 0 unspecified atom stereocenters. The number of carboxylic acids is 1. The second-order valence-electron chi connectivity index (χ2n) is 11.9. The molecule has 4 fully saturated rings. The van der Waals surface area contributed by atoms with Crippen LogP contribution in [0.2, 0.25) is 0 Å². The Labute approximate surface area is 185 Å². The van der Waals surface area contributed by atoms with Gasteiger partial charge in [-0.3, -0.25) is 9.59 Å². The molecule has 1 heterocycles. The van der Waals surface area contributed by atoms with Crippen LogP contribution in [0.3, 0.4) is 0 Å². The van der Waals surface area contributed by atoms with E-state index >= 15 is 0 Å². The van der Waals surface area contributed by atoms with Gasteiger partial charge in [0, 0.05) is 12.3 Å². The summed E-state index contributed by atoms with van der Waals surface area (Å²) in [5.41, 5.74) is -1.98. The molecule has 0 aromatic rings. The number of fused-ring (bicyclic) bond motifs is 3. The van der Waals surface area contributed by atoms with Crippen LogP contribution in [-0.2, 0) is 14.3 Å². The van der Waals surface area contributed by atoms with E-state index in [-0.39, 0.29) is 41.2 Å². The fourth-order valence-electron chi connectivity index (χ4n) is 8.76. The molecule has 3 N–H and O–H groups in total. The number of hydrogen-bond donors (Lipinski definition) is 3. The Morgan fingerprint density at radius 2 is 1.84 bits per heavy atom. The molecule has 0 bridgehead atoms. The van der Waals surface area contributed by atoms with Gasteiger partial charge in [-0.15, -0.1) is 0 Å². The number of esters is 1. The summed E-state index contributed by atoms with van der Waals surface area (Å²) in [6, 6.07) is 0. The zero-order valence-corrected chi connectivity index (χ0v) is 19.5. The summed E-state index contributed by atoms with van der Waals surface area (Å²) in [7, 11) is 0. The molecule has 6 nitrogen and oxygen atoms in total. The maximum absolute atomic E-state index is 12.2. The standard InChI is InChI=1S/C25H40O6/c1-15(21(28)29)17-8-11-23(3)18-5-6-19(24(4,30)14-26)25(12-9-20(27)31-25)13-16(18)7-10-22(17,23)2/h15-19,26,30H,5-14H2,1-4H3,(H,28,29)/t15-,16+,17-,18+,19+,22-,23+,24+,25-/m0/s1. The van der Waals surface area contributed by atoms with E-state index in [1.807, 2.05) is 6.92 Å². The van der Waals surface area contributed by atoms with Gasteiger partial charge in [-0.25, -0.2) is 0 Å². The fraction of sp³-hybridized carbons (Fsp3) is 0.920. The quantitative estimate of drug-likeness (QED) is 0.580. The van der Waals surface area contributed by atoms with E-state index < -0.39 is 17.2 Å². The summed E-state index contributed by atoms with van der Waals surface area (Å²) < 4.78 is 5.99. The van der Waals surface area contributed by atoms with Gasteiger partial charge in [-0.2, -0.15) is 0 Å². The molecule has 0 aromatic heterocycles. The highest BCUT2D eigenvalue weighted by Crippen LogP contribution is 2.70. The first-order chi connectivity index (χ1) is 14.4. The summed E-state index contributed by atoms with van der Waals surface area (Å²) in [6.45, 7) is 7.88. The largest absolute Gasteiger partial charge is 0.481 e. The Morgan fingerprint density at radius 3 is 2.42 bits per heavy atom. The number of aliphatic carboxylic acids is 1. The van der Waals surface area contributed by atoms with Crippen LogP contribution in [0.5, 0.6) is 0 Å². The molecule has 3 aliphatic carbocycles. The average Bonchev–Trinajstić information content (AvgIpc) is 3.13. The van der Waals surface area contributed by atoms with Gasteiger partial charge in [0.15, 0.2) is 0 Å². The van der Waals surface area contributed by atoms with E-state index in [2.05, 4.69) is 13.8 Å². The zero-order valence-electron chi connectivity index (χ0n) is 19.5. The number of hydrogen-bond acceptors (Lipinski definition) is 5. The van der Waals surface area contributed by atoms with E-state index in [1.54, 1.807) is 6.92 Å². The van der Waals surface area contributed by atoms with Gasteiger partial charge < -0.3 is 20.1 Å². The van der Waals surface area contributed by atoms with Crippen molar-refractivity contribution in [3.05, 3.63) is 0 Å². The molecule has 1 aliphatic heterocycles. The molecule has 1 saturated heterocycles. The zero-order chi connectivity index (χ0) is 22.8. The van der Waals surface area contributed by atoms with Gasteiger partial charge in [0.05, 0.1) is 18.1 Å². The lowest BCUT2D eigenvalue weighted by Crippen LogP contribution is -2.53. The van der Waals surface area contributed by atoms with Crippen molar-refractivity contribution in [3.63, 3.8) is 0 Å². The van der Waals surface area contributed by atoms with Crippen molar-refractivity contribution in [2.45, 2.75) is 96.7 Å². The molecule has 9 atom stereocenters. The van der Waals surface area contributed by atoms with Crippen LogP contribution in [0, 0.1) is 40.4 Å². The average molecular weight is 437 g/mol. The third-order valence-electron chi connectivity index (χ3n) is 10.7. The maximum atomic E-state index is 12.2. The van der Waals surface area contributed by atoms with Crippen molar-refractivity contribution in [2.75, 3.05) is 6.61 Å². The van der Waals surface area contributed by atoms with E-state index in [0.29, 0.717) is 31.1 Å². The Morgan fingerprint density at radius 1 is 1.16 bits per heavy atom. The fourth-order valence-corrected chi connectivity index (χ4v) is 8.76. The van der Waals surface area contributed by atoms with Crippen LogP contribution < -0.4 is 0 Å². The lowest BCUT2D eigenvalue weighted by Gasteiger charge is -2.57. The first-order valence-electron chi connectivity index (χ1n) is 12.2. The van der Waals surface area contributed by atoms with Gasteiger partial charge >= 0.3 is 11.9 Å². The maximum Gasteiger partial charge on any atom is 0.306 e. The molecule has 31 heavy (non-hydrogen) atoms. The molecule has 176 valence electrons. The van der Waals surface area contributed by atoms with Gasteiger partial charge in [0.2, 0.25) is 0 Å². The topological polar surface area (TPSA) is 104 Å². The van der Waals surface area contributed by atoms with Crippen molar-refractivity contribution >= 4 is 11.9 Å². The van der Waals surface area contributed by atoms with Gasteiger partial charge in [-0.1, -0.05) is 20.8 Å². The second-order valence-corrected chi connectivity index (χ2v) is 11.9. The molecular formula is C25H40O6. The molecule has 0 radical (unpaired) electrons. The Hall–Kier alpha value is -1.14. The van der Waals surface area contributed by atoms with E-state index in [4.69, 9.17) is 4.74 Å². The summed E-state index contributed by atoms with van der Waals surface area (Å²) in [6.07, 6.45) is 7.35. The minimum atomic E-state index is -1.29. The number of carbonyl (C=O) groups is 2. The van der Waals surface area contributed by atoms with E-state index in [0.717, 1.165) is 38.5 Å². The van der Waals surface area contributed by atoms with Gasteiger partial charge in [-0.05, 0) is 86.9 Å². The van der Waals surface area contributed by atoms with Crippen LogP contribution >= 0.6 is 0 Å². The lowest BCUT2D eigenvalue weighted by atomic mass is 9.48. The number of carbonyl (C=O) groups excluding carboxylic acids is 1. The molecule has 4 rings (SSSR count). The third kappa shape index (κ3) is 3.26. The SMILES string of the molecule is C[C@H](C(=O)O)[C@@H]1CC[C@]2(C)[C@@H]3CC[C@H]([C@](C)(O)CO)[C@]4(CCC(=O)O4)C[C@H]3CC[C@@]12C. The molecule has 6 heteroatoms. The normalized spacial score (nSPS) is 47.7. The Kier molecular flexibility index (Phi) is 5.53. The molecule has 3 saturated carbocycles. The Balaban J connectivity index is 1.69. The first-order valence-corrected chi connectivity index (χ1v) is 12.2. The highest BCUT2D eigenvalue weighted by Gasteiger charge is 2.65. The predicted molar refractivity (Wildman–Crippen MR) is 115 cm³/mol. The highest BCUT2D eigenvalue weighted by atomic mass is 16.6. The van der Waals surface area contributed by atoms with Crippen LogP contribution in [0.15, 0.2) is 0 Å². The van der Waals surface area contributed by atoms with Crippen molar-refractivity contribution in [2.24, 2.45) is 40.4 Å². The van der Waals surface area contributed by atoms with Crippen molar-refractivity contribution < 1.29 is 29.6 Å². The second kappa shape index (κ2) is 7.44. The predicted octanol–water partition coefficient (Wildman–Crippen LogP) is 3.78. The summed E-state index contributed by atoms with van der Waals surface area (Å²) in [5, 5.41) is 30.8. The van der Waals surface area contributed by atoms with Crippen LogP contribution in [0.1, 0.15) is 85.5 Å². The molecule has 0 aromatic carbocycles. The minimum Gasteiger partial charge on any atom is -0.481 e. The monoisotopic (exact) mass is 436 g/mol. The van der Waals surface area contributed by atoms with Crippen LogP contribution in [0.4, 0.5) is 0 Å². The van der Waals surface area contributed by atoms with Crippen LogP contribution in [0.25, 0.3) is 0 Å². The summed E-state index contributed by atoms with van der Waals surface area (Å²) in [5.74, 6) is -0.551. The van der Waals surface area contributed by atoms with Crippen molar-refractivity contribution in [1.29, 1.82) is 0 Å². The lowest BCUT2D eigenvalue weighted by molar-refractivity contribution is -0.173. The summed E-state index contributed by atoms with van der Waals surface area (Å²) in [4.78, 5) is 24.0. The van der Waals surface area contributed by atoms with Gasteiger partial charge in [0.1, 0.15) is 5.60 Å². The number of carboxylic acid groups (broad SMARTS) is 1. The van der Waals surface area contributed by atoms with Gasteiger partial charge in [0.25, 0.3) is 0 Å². The molecule has 4 aliphatic rings. The summed E-state index contributed by atoms with van der Waals surface area (Å²) >= 11 is 0. The number of aliphatic hydroxyl groups excluding tert-OH is 1. The third-order valence-corrected chi connectivity index (χ3v) is 10.7. The first kappa shape index (κ1) is 23.0. The molecular weight excluding hydrogens is 396 g/mol. The molecule has 0 amide bonds.